The Hall–Kier alpha value is -1.12. The van der Waals surface area contributed by atoms with Gasteiger partial charge < -0.3 is 16.4 Å². The van der Waals surface area contributed by atoms with Gasteiger partial charge in [-0.15, -0.1) is 0 Å². The van der Waals surface area contributed by atoms with Crippen molar-refractivity contribution in [2.24, 2.45) is 23.3 Å². The Morgan fingerprint density at radius 1 is 1.33 bits per heavy atom. The van der Waals surface area contributed by atoms with Crippen molar-refractivity contribution >= 4 is 5.91 Å². The van der Waals surface area contributed by atoms with E-state index in [-0.39, 0.29) is 5.91 Å². The maximum atomic E-state index is 10.9. The Morgan fingerprint density at radius 2 is 1.94 bits per heavy atom. The van der Waals surface area contributed by atoms with Crippen LogP contribution in [0.4, 0.5) is 0 Å². The molecule has 4 N–H and O–H groups in total. The molecule has 5 heteroatoms. The Kier molecular flexibility index (Phi) is 3.88. The van der Waals surface area contributed by atoms with E-state index in [1.165, 1.54) is 0 Å². The molecule has 2 rings (SSSR count). The second kappa shape index (κ2) is 5.25. The summed E-state index contributed by atoms with van der Waals surface area (Å²) in [7, 11) is 0. The molecule has 1 saturated carbocycles. The van der Waals surface area contributed by atoms with Crippen molar-refractivity contribution in [2.75, 3.05) is 19.6 Å². The van der Waals surface area contributed by atoms with Gasteiger partial charge in [0.15, 0.2) is 0 Å². The molecule has 100 valence electrons. The first kappa shape index (κ1) is 13.3. The van der Waals surface area contributed by atoms with E-state index >= 15 is 0 Å². The fourth-order valence-corrected chi connectivity index (χ4v) is 2.86. The van der Waals surface area contributed by atoms with Crippen LogP contribution in [0.3, 0.4) is 0 Å². The van der Waals surface area contributed by atoms with Crippen LogP contribution >= 0.6 is 0 Å². The van der Waals surface area contributed by atoms with Gasteiger partial charge in [0.2, 0.25) is 5.91 Å². The highest BCUT2D eigenvalue weighted by molar-refractivity contribution is 5.73. The van der Waals surface area contributed by atoms with E-state index in [9.17, 15) is 10.1 Å². The minimum absolute atomic E-state index is 0.211. The normalized spacial score (nSPS) is 25.3. The van der Waals surface area contributed by atoms with E-state index in [0.29, 0.717) is 24.8 Å². The topological polar surface area (TPSA) is 96.1 Å². The summed E-state index contributed by atoms with van der Waals surface area (Å²) in [4.78, 5) is 13.1. The molecule has 5 nitrogen and oxygen atoms in total. The smallest absolute Gasteiger partial charge is 0.217 e. The van der Waals surface area contributed by atoms with Crippen molar-refractivity contribution in [1.82, 2.24) is 4.90 Å². The van der Waals surface area contributed by atoms with Crippen LogP contribution in [-0.2, 0) is 4.79 Å². The third-order valence-corrected chi connectivity index (χ3v) is 4.20. The number of hydrogen-bond donors (Lipinski definition) is 2. The summed E-state index contributed by atoms with van der Waals surface area (Å²) >= 11 is 0. The lowest BCUT2D eigenvalue weighted by Crippen LogP contribution is -2.52. The molecule has 0 spiro atoms. The van der Waals surface area contributed by atoms with E-state index in [0.717, 1.165) is 38.8 Å². The van der Waals surface area contributed by atoms with Crippen molar-refractivity contribution in [3.8, 4) is 6.07 Å². The van der Waals surface area contributed by atoms with Crippen molar-refractivity contribution in [3.63, 3.8) is 0 Å². The summed E-state index contributed by atoms with van der Waals surface area (Å²) in [6.07, 6.45) is 4.62. The predicted octanol–water partition coefficient (Wildman–Crippen LogP) is 0.205. The Morgan fingerprint density at radius 3 is 2.39 bits per heavy atom. The van der Waals surface area contributed by atoms with Gasteiger partial charge in [-0.25, -0.2) is 0 Å². The molecule has 1 aliphatic carbocycles. The molecule has 1 amide bonds. The number of amides is 1. The second-order valence-electron chi connectivity index (χ2n) is 5.82. The third-order valence-electron chi connectivity index (χ3n) is 4.20. The van der Waals surface area contributed by atoms with Gasteiger partial charge in [-0.2, -0.15) is 5.26 Å². The lowest BCUT2D eigenvalue weighted by molar-refractivity contribution is -0.119. The van der Waals surface area contributed by atoms with Gasteiger partial charge in [-0.05, 0) is 50.6 Å². The summed E-state index contributed by atoms with van der Waals surface area (Å²) in [5.74, 6) is 0.580. The number of piperidine rings is 1. The maximum absolute atomic E-state index is 10.9. The minimum atomic E-state index is -0.670. The number of carbonyl (C=O) groups is 1. The van der Waals surface area contributed by atoms with Gasteiger partial charge in [0, 0.05) is 13.0 Å². The predicted molar refractivity (Wildman–Crippen MR) is 68.2 cm³/mol. The van der Waals surface area contributed by atoms with Crippen LogP contribution in [0, 0.1) is 23.2 Å². The van der Waals surface area contributed by atoms with E-state index in [2.05, 4.69) is 11.0 Å². The standard InChI is InChI=1S/C13H22N4O/c14-8-13(16,11-1-2-11)9-17-5-3-10(4-6-17)7-12(15)18/h10-11H,1-7,9,16H2,(H2,15,18). The molecule has 2 fully saturated rings. The SMILES string of the molecule is N#CC(N)(CN1CCC(CC(N)=O)CC1)C1CC1. The third kappa shape index (κ3) is 3.21. The first-order valence-electron chi connectivity index (χ1n) is 6.74. The van der Waals surface area contributed by atoms with E-state index < -0.39 is 5.54 Å². The van der Waals surface area contributed by atoms with E-state index in [4.69, 9.17) is 11.5 Å². The molecular weight excluding hydrogens is 228 g/mol. The van der Waals surface area contributed by atoms with Crippen LogP contribution in [0.2, 0.25) is 0 Å². The number of nitrogens with two attached hydrogens (primary N) is 2. The average molecular weight is 250 g/mol. The monoisotopic (exact) mass is 250 g/mol. The molecule has 18 heavy (non-hydrogen) atoms. The van der Waals surface area contributed by atoms with Crippen LogP contribution in [0.5, 0.6) is 0 Å². The van der Waals surface area contributed by atoms with E-state index in [1.54, 1.807) is 0 Å². The zero-order chi connectivity index (χ0) is 13.2. The van der Waals surface area contributed by atoms with Crippen molar-refractivity contribution in [3.05, 3.63) is 0 Å². The van der Waals surface area contributed by atoms with Crippen LogP contribution in [0.25, 0.3) is 0 Å². The lowest BCUT2D eigenvalue weighted by Gasteiger charge is -2.35. The first-order chi connectivity index (χ1) is 8.53. The number of rotatable bonds is 5. The molecule has 0 radical (unpaired) electrons. The molecule has 1 aliphatic heterocycles. The van der Waals surface area contributed by atoms with Gasteiger partial charge in [0.1, 0.15) is 5.54 Å². The fraction of sp³-hybridized carbons (Fsp3) is 0.846. The van der Waals surface area contributed by atoms with Crippen LogP contribution < -0.4 is 11.5 Å². The molecule has 1 heterocycles. The lowest BCUT2D eigenvalue weighted by atomic mass is 9.90. The Bertz CT molecular complexity index is 352. The van der Waals surface area contributed by atoms with Gasteiger partial charge in [0.25, 0.3) is 0 Å². The zero-order valence-electron chi connectivity index (χ0n) is 10.8. The molecule has 1 saturated heterocycles. The van der Waals surface area contributed by atoms with Gasteiger partial charge >= 0.3 is 0 Å². The maximum Gasteiger partial charge on any atom is 0.217 e. The van der Waals surface area contributed by atoms with Gasteiger partial charge in [-0.1, -0.05) is 0 Å². The summed E-state index contributed by atoms with van der Waals surface area (Å²) in [5.41, 5.74) is 10.7. The van der Waals surface area contributed by atoms with Crippen LogP contribution in [0.1, 0.15) is 32.1 Å². The van der Waals surface area contributed by atoms with Crippen molar-refractivity contribution < 1.29 is 4.79 Å². The summed E-state index contributed by atoms with van der Waals surface area (Å²) in [5, 5.41) is 9.23. The van der Waals surface area contributed by atoms with Crippen LogP contribution in [-0.4, -0.2) is 36.0 Å². The van der Waals surface area contributed by atoms with Gasteiger partial charge in [-0.3, -0.25) is 4.79 Å². The number of likely N-dealkylation sites (tertiary alicyclic amines) is 1. The highest BCUT2D eigenvalue weighted by Crippen LogP contribution is 2.38. The zero-order valence-corrected chi connectivity index (χ0v) is 10.8. The largest absolute Gasteiger partial charge is 0.370 e. The summed E-state index contributed by atoms with van der Waals surface area (Å²) in [6.45, 7) is 2.51. The minimum Gasteiger partial charge on any atom is -0.370 e. The number of nitrogens with zero attached hydrogens (tertiary/aromatic N) is 2. The fourth-order valence-electron chi connectivity index (χ4n) is 2.86. The molecular formula is C13H22N4O. The Labute approximate surface area is 108 Å². The summed E-state index contributed by atoms with van der Waals surface area (Å²) < 4.78 is 0. The van der Waals surface area contributed by atoms with Crippen molar-refractivity contribution in [2.45, 2.75) is 37.6 Å². The molecule has 1 unspecified atom stereocenters. The van der Waals surface area contributed by atoms with Crippen molar-refractivity contribution in [1.29, 1.82) is 5.26 Å². The number of nitriles is 1. The highest BCUT2D eigenvalue weighted by Gasteiger charge is 2.44. The average Bonchev–Trinajstić information content (AvgIpc) is 3.15. The number of carbonyl (C=O) groups excluding carboxylic acids is 1. The molecule has 0 bridgehead atoms. The summed E-state index contributed by atoms with van der Waals surface area (Å²) in [6, 6.07) is 2.29. The quantitative estimate of drug-likeness (QED) is 0.728. The molecule has 2 aliphatic rings. The van der Waals surface area contributed by atoms with Crippen LogP contribution in [0.15, 0.2) is 0 Å². The Balaban J connectivity index is 1.79. The molecule has 0 aromatic heterocycles. The molecule has 0 aromatic rings. The molecule has 1 atom stereocenters. The molecule has 0 aromatic carbocycles. The highest BCUT2D eigenvalue weighted by atomic mass is 16.1. The second-order valence-corrected chi connectivity index (χ2v) is 5.82. The number of primary amides is 1. The number of hydrogen-bond acceptors (Lipinski definition) is 4. The van der Waals surface area contributed by atoms with Gasteiger partial charge in [0.05, 0.1) is 6.07 Å². The van der Waals surface area contributed by atoms with E-state index in [1.807, 2.05) is 0 Å². The first-order valence-corrected chi connectivity index (χ1v) is 6.74.